The van der Waals surface area contributed by atoms with Crippen LogP contribution in [0.2, 0.25) is 0 Å². The third-order valence-electron chi connectivity index (χ3n) is 2.94. The summed E-state index contributed by atoms with van der Waals surface area (Å²) in [6.07, 6.45) is 7.27. The van der Waals surface area contributed by atoms with Crippen molar-refractivity contribution in [1.82, 2.24) is 0 Å². The van der Waals surface area contributed by atoms with Gasteiger partial charge in [-0.15, -0.1) is 0 Å². The summed E-state index contributed by atoms with van der Waals surface area (Å²) in [6, 6.07) is 0. The molecule has 3 nitrogen and oxygen atoms in total. The molecule has 1 saturated heterocycles. The molecule has 0 radical (unpaired) electrons. The second-order valence-corrected chi connectivity index (χ2v) is 3.96. The van der Waals surface area contributed by atoms with Crippen LogP contribution in [-0.2, 0) is 9.53 Å². The molecule has 0 aromatic heterocycles. The predicted octanol–water partition coefficient (Wildman–Crippen LogP) is 1.59. The van der Waals surface area contributed by atoms with E-state index >= 15 is 0 Å². The van der Waals surface area contributed by atoms with E-state index in [-0.39, 0.29) is 6.10 Å². The van der Waals surface area contributed by atoms with E-state index in [9.17, 15) is 9.90 Å². The number of hydrogen-bond donors (Lipinski definition) is 1. The van der Waals surface area contributed by atoms with Crippen LogP contribution >= 0.6 is 0 Å². The molecular formula is C10H14O3. The molecule has 1 fully saturated rings. The second-order valence-electron chi connectivity index (χ2n) is 3.96. The van der Waals surface area contributed by atoms with Crippen molar-refractivity contribution in [3.05, 3.63) is 12.2 Å². The van der Waals surface area contributed by atoms with Crippen LogP contribution in [0.1, 0.15) is 25.7 Å². The first-order chi connectivity index (χ1) is 6.23. The number of rotatable bonds is 3. The lowest BCUT2D eigenvalue weighted by molar-refractivity contribution is -0.150. The molecule has 3 heteroatoms. The standard InChI is InChI=1S/C10H14O3/c11-9(12)10(6-8-7-13-8)4-2-1-3-5-10/h1-2,8H,3-7H2,(H,11,12). The van der Waals surface area contributed by atoms with Crippen LogP contribution in [0.4, 0.5) is 0 Å². The summed E-state index contributed by atoms with van der Waals surface area (Å²) >= 11 is 0. The van der Waals surface area contributed by atoms with E-state index in [0.717, 1.165) is 19.4 Å². The molecule has 13 heavy (non-hydrogen) atoms. The fourth-order valence-electron chi connectivity index (χ4n) is 1.98. The van der Waals surface area contributed by atoms with Gasteiger partial charge in [0.15, 0.2) is 0 Å². The van der Waals surface area contributed by atoms with Gasteiger partial charge in [-0.1, -0.05) is 12.2 Å². The molecule has 0 saturated carbocycles. The smallest absolute Gasteiger partial charge is 0.310 e. The van der Waals surface area contributed by atoms with Crippen molar-refractivity contribution in [3.8, 4) is 0 Å². The molecule has 1 aliphatic heterocycles. The van der Waals surface area contributed by atoms with Gasteiger partial charge in [0.2, 0.25) is 0 Å². The van der Waals surface area contributed by atoms with Gasteiger partial charge in [0, 0.05) is 0 Å². The number of carboxylic acid groups (broad SMARTS) is 1. The molecule has 0 bridgehead atoms. The Labute approximate surface area is 77.4 Å². The summed E-state index contributed by atoms with van der Waals surface area (Å²) in [4.78, 5) is 11.2. The van der Waals surface area contributed by atoms with Crippen LogP contribution in [0.3, 0.4) is 0 Å². The number of ether oxygens (including phenoxy) is 1. The third-order valence-corrected chi connectivity index (χ3v) is 2.94. The fourth-order valence-corrected chi connectivity index (χ4v) is 1.98. The van der Waals surface area contributed by atoms with Gasteiger partial charge in [-0.2, -0.15) is 0 Å². The minimum Gasteiger partial charge on any atom is -0.481 e. The Morgan fingerprint density at radius 2 is 2.38 bits per heavy atom. The maximum atomic E-state index is 11.2. The Balaban J connectivity index is 2.08. The van der Waals surface area contributed by atoms with Crippen LogP contribution in [-0.4, -0.2) is 23.8 Å². The zero-order chi connectivity index (χ0) is 9.31. The highest BCUT2D eigenvalue weighted by Gasteiger charge is 2.43. The van der Waals surface area contributed by atoms with E-state index in [1.54, 1.807) is 0 Å². The molecule has 0 aromatic rings. The van der Waals surface area contributed by atoms with Gasteiger partial charge in [0.1, 0.15) is 0 Å². The molecule has 0 amide bonds. The topological polar surface area (TPSA) is 49.8 Å². The number of carboxylic acids is 1. The molecule has 2 rings (SSSR count). The van der Waals surface area contributed by atoms with E-state index in [2.05, 4.69) is 6.08 Å². The van der Waals surface area contributed by atoms with Crippen molar-refractivity contribution in [1.29, 1.82) is 0 Å². The molecule has 2 aliphatic rings. The second kappa shape index (κ2) is 3.14. The Kier molecular flexibility index (Phi) is 2.12. The van der Waals surface area contributed by atoms with Crippen LogP contribution in [0.5, 0.6) is 0 Å². The lowest BCUT2D eigenvalue weighted by Crippen LogP contribution is -2.33. The summed E-state index contributed by atoms with van der Waals surface area (Å²) < 4.78 is 5.10. The molecule has 1 aliphatic carbocycles. The van der Waals surface area contributed by atoms with Gasteiger partial charge in [-0.25, -0.2) is 0 Å². The van der Waals surface area contributed by atoms with Crippen LogP contribution in [0.25, 0.3) is 0 Å². The lowest BCUT2D eigenvalue weighted by atomic mass is 9.74. The average Bonchev–Trinajstić information content (AvgIpc) is 2.90. The highest BCUT2D eigenvalue weighted by atomic mass is 16.6. The average molecular weight is 182 g/mol. The summed E-state index contributed by atoms with van der Waals surface area (Å²) in [5.74, 6) is -0.660. The minimum absolute atomic E-state index is 0.211. The molecule has 1 N–H and O–H groups in total. The lowest BCUT2D eigenvalue weighted by Gasteiger charge is -2.29. The van der Waals surface area contributed by atoms with E-state index in [1.807, 2.05) is 6.08 Å². The number of carbonyl (C=O) groups is 1. The number of allylic oxidation sites excluding steroid dienone is 2. The summed E-state index contributed by atoms with van der Waals surface area (Å²) in [6.45, 7) is 0.749. The van der Waals surface area contributed by atoms with Crippen molar-refractivity contribution in [2.75, 3.05) is 6.61 Å². The summed E-state index contributed by atoms with van der Waals surface area (Å²) in [5.41, 5.74) is -0.532. The highest BCUT2D eigenvalue weighted by Crippen LogP contribution is 2.40. The quantitative estimate of drug-likeness (QED) is 0.532. The molecule has 72 valence electrons. The van der Waals surface area contributed by atoms with Crippen LogP contribution < -0.4 is 0 Å². The third kappa shape index (κ3) is 1.75. The Morgan fingerprint density at radius 1 is 1.62 bits per heavy atom. The number of aliphatic carboxylic acids is 1. The zero-order valence-corrected chi connectivity index (χ0v) is 7.53. The van der Waals surface area contributed by atoms with E-state index in [0.29, 0.717) is 12.8 Å². The van der Waals surface area contributed by atoms with E-state index in [4.69, 9.17) is 4.74 Å². The first-order valence-corrected chi connectivity index (χ1v) is 4.73. The van der Waals surface area contributed by atoms with Gasteiger partial charge in [-0.05, 0) is 25.7 Å². The summed E-state index contributed by atoms with van der Waals surface area (Å²) in [7, 11) is 0. The van der Waals surface area contributed by atoms with Crippen molar-refractivity contribution in [2.24, 2.45) is 5.41 Å². The SMILES string of the molecule is O=C(O)C1(CC2CO2)CC=CCC1. The largest absolute Gasteiger partial charge is 0.481 e. The van der Waals surface area contributed by atoms with Crippen molar-refractivity contribution >= 4 is 5.97 Å². The normalized spacial score (nSPS) is 37.4. The van der Waals surface area contributed by atoms with E-state index in [1.165, 1.54) is 0 Å². The first-order valence-electron chi connectivity index (χ1n) is 4.73. The monoisotopic (exact) mass is 182 g/mol. The minimum atomic E-state index is -0.660. The predicted molar refractivity (Wildman–Crippen MR) is 47.4 cm³/mol. The molecule has 2 atom stereocenters. The maximum Gasteiger partial charge on any atom is 0.310 e. The maximum absolute atomic E-state index is 11.2. The summed E-state index contributed by atoms with van der Waals surface area (Å²) in [5, 5.41) is 9.18. The Bertz CT molecular complexity index is 243. The van der Waals surface area contributed by atoms with Gasteiger partial charge >= 0.3 is 5.97 Å². The van der Waals surface area contributed by atoms with E-state index < -0.39 is 11.4 Å². The Hall–Kier alpha value is -0.830. The van der Waals surface area contributed by atoms with Crippen molar-refractivity contribution in [2.45, 2.75) is 31.8 Å². The number of hydrogen-bond acceptors (Lipinski definition) is 2. The fraction of sp³-hybridized carbons (Fsp3) is 0.700. The molecule has 2 unspecified atom stereocenters. The van der Waals surface area contributed by atoms with Crippen molar-refractivity contribution in [3.63, 3.8) is 0 Å². The van der Waals surface area contributed by atoms with Crippen LogP contribution in [0.15, 0.2) is 12.2 Å². The molecule has 0 spiro atoms. The van der Waals surface area contributed by atoms with Gasteiger partial charge < -0.3 is 9.84 Å². The van der Waals surface area contributed by atoms with Gasteiger partial charge in [0.05, 0.1) is 18.1 Å². The Morgan fingerprint density at radius 3 is 2.85 bits per heavy atom. The van der Waals surface area contributed by atoms with Gasteiger partial charge in [-0.3, -0.25) is 4.79 Å². The van der Waals surface area contributed by atoms with Crippen LogP contribution in [0, 0.1) is 5.41 Å². The molecule has 1 heterocycles. The zero-order valence-electron chi connectivity index (χ0n) is 7.53. The van der Waals surface area contributed by atoms with Crippen molar-refractivity contribution < 1.29 is 14.6 Å². The number of epoxide rings is 1. The van der Waals surface area contributed by atoms with Gasteiger partial charge in [0.25, 0.3) is 0 Å². The molecule has 0 aromatic carbocycles. The first kappa shape index (κ1) is 8.75. The highest BCUT2D eigenvalue weighted by molar-refractivity contribution is 5.75. The molecular weight excluding hydrogens is 168 g/mol.